The summed E-state index contributed by atoms with van der Waals surface area (Å²) in [5.41, 5.74) is 4.27. The van der Waals surface area contributed by atoms with Crippen LogP contribution in [0.5, 0.6) is 0 Å². The van der Waals surface area contributed by atoms with E-state index in [9.17, 15) is 4.79 Å². The normalized spacial score (nSPS) is 12.8. The van der Waals surface area contributed by atoms with Crippen LogP contribution in [0.2, 0.25) is 0 Å². The summed E-state index contributed by atoms with van der Waals surface area (Å²) in [6.45, 7) is 7.70. The van der Waals surface area contributed by atoms with Gasteiger partial charge in [-0.1, -0.05) is 30.0 Å². The third kappa shape index (κ3) is 2.68. The molecule has 3 heterocycles. The van der Waals surface area contributed by atoms with Crippen LogP contribution in [0.25, 0.3) is 16.6 Å². The van der Waals surface area contributed by atoms with Gasteiger partial charge in [-0.25, -0.2) is 4.98 Å². The molecule has 0 bridgehead atoms. The molecule has 0 fully saturated rings. The Morgan fingerprint density at radius 1 is 1.19 bits per heavy atom. The first kappa shape index (κ1) is 16.8. The number of aromatic amines is 1. The van der Waals surface area contributed by atoms with Gasteiger partial charge in [0.15, 0.2) is 16.6 Å². The maximum Gasteiger partial charge on any atom is 0.197 e. The summed E-state index contributed by atoms with van der Waals surface area (Å²) in [5.74, 6) is 0.898. The number of nitrogens with one attached hydrogen (secondary N) is 1. The molecule has 0 aliphatic heterocycles. The van der Waals surface area contributed by atoms with Crippen LogP contribution in [0.15, 0.2) is 35.5 Å². The average molecular weight is 365 g/mol. The number of nitrogens with zero attached hydrogens (tertiary/aromatic N) is 4. The Kier molecular flexibility index (Phi) is 4.03. The Bertz CT molecular complexity index is 1140. The fourth-order valence-corrected chi connectivity index (χ4v) is 4.25. The lowest BCUT2D eigenvalue weighted by Crippen LogP contribution is -2.15. The highest BCUT2D eigenvalue weighted by atomic mass is 32.2. The van der Waals surface area contributed by atoms with Crippen molar-refractivity contribution in [3.8, 4) is 0 Å². The Morgan fingerprint density at radius 3 is 2.77 bits per heavy atom. The van der Waals surface area contributed by atoms with E-state index in [1.165, 1.54) is 11.8 Å². The number of H-pyrrole nitrogens is 1. The van der Waals surface area contributed by atoms with Crippen LogP contribution in [0.3, 0.4) is 0 Å². The van der Waals surface area contributed by atoms with Gasteiger partial charge in [0.25, 0.3) is 0 Å². The second kappa shape index (κ2) is 6.25. The molecule has 0 aliphatic rings. The highest BCUT2D eigenvalue weighted by molar-refractivity contribution is 8.00. The molecule has 26 heavy (non-hydrogen) atoms. The highest BCUT2D eigenvalue weighted by Gasteiger charge is 2.24. The number of benzene rings is 1. The number of fused-ring (bicyclic) bond motifs is 2. The molecule has 0 amide bonds. The zero-order chi connectivity index (χ0) is 18.4. The molecule has 0 aliphatic carbocycles. The van der Waals surface area contributed by atoms with Gasteiger partial charge < -0.3 is 4.98 Å². The van der Waals surface area contributed by atoms with E-state index in [1.807, 2.05) is 62.4 Å². The van der Waals surface area contributed by atoms with Gasteiger partial charge in [0.2, 0.25) is 0 Å². The second-order valence-corrected chi connectivity index (χ2v) is 7.72. The molecule has 3 aromatic heterocycles. The second-order valence-electron chi connectivity index (χ2n) is 6.42. The molecule has 0 spiro atoms. The molecule has 0 radical (unpaired) electrons. The average Bonchev–Trinajstić information content (AvgIpc) is 3.14. The number of carbonyl (C=O) groups is 1. The van der Waals surface area contributed by atoms with Crippen LogP contribution < -0.4 is 0 Å². The maximum absolute atomic E-state index is 13.1. The summed E-state index contributed by atoms with van der Waals surface area (Å²) in [7, 11) is 0. The van der Waals surface area contributed by atoms with Crippen molar-refractivity contribution in [2.75, 3.05) is 0 Å². The summed E-state index contributed by atoms with van der Waals surface area (Å²) in [5, 5.41) is 9.83. The monoisotopic (exact) mass is 365 g/mol. The van der Waals surface area contributed by atoms with Crippen molar-refractivity contribution in [2.24, 2.45) is 0 Å². The van der Waals surface area contributed by atoms with Gasteiger partial charge in [-0.3, -0.25) is 9.20 Å². The highest BCUT2D eigenvalue weighted by Crippen LogP contribution is 2.29. The zero-order valence-electron chi connectivity index (χ0n) is 15.1. The van der Waals surface area contributed by atoms with Gasteiger partial charge in [-0.2, -0.15) is 0 Å². The SMILES string of the molecule is Cc1cc2nnc(SC(C)C(=O)c3c(C)[nH]c4ccccc34)n2c(C)n1. The third-order valence-corrected chi connectivity index (χ3v) is 5.49. The number of ketones is 1. The molecular formula is C19H19N5OS. The number of hydrogen-bond acceptors (Lipinski definition) is 5. The van der Waals surface area contributed by atoms with E-state index in [0.717, 1.165) is 39.3 Å². The molecule has 1 atom stereocenters. The van der Waals surface area contributed by atoms with E-state index < -0.39 is 0 Å². The molecule has 132 valence electrons. The third-order valence-electron chi connectivity index (χ3n) is 4.45. The molecule has 0 saturated carbocycles. The van der Waals surface area contributed by atoms with E-state index in [4.69, 9.17) is 0 Å². The zero-order valence-corrected chi connectivity index (χ0v) is 15.9. The number of hydrogen-bond donors (Lipinski definition) is 1. The van der Waals surface area contributed by atoms with E-state index in [2.05, 4.69) is 20.2 Å². The fraction of sp³-hybridized carbons (Fsp3) is 0.263. The predicted molar refractivity (Wildman–Crippen MR) is 103 cm³/mol. The lowest BCUT2D eigenvalue weighted by atomic mass is 10.1. The molecule has 6 nitrogen and oxygen atoms in total. The minimum Gasteiger partial charge on any atom is -0.358 e. The lowest BCUT2D eigenvalue weighted by Gasteiger charge is -2.10. The van der Waals surface area contributed by atoms with Gasteiger partial charge in [-0.15, -0.1) is 10.2 Å². The van der Waals surface area contributed by atoms with Crippen molar-refractivity contribution in [1.82, 2.24) is 24.6 Å². The van der Waals surface area contributed by atoms with Gasteiger partial charge in [0.1, 0.15) is 5.82 Å². The number of aromatic nitrogens is 5. The van der Waals surface area contributed by atoms with E-state index >= 15 is 0 Å². The fourth-order valence-electron chi connectivity index (χ4n) is 3.29. The maximum atomic E-state index is 13.1. The summed E-state index contributed by atoms with van der Waals surface area (Å²) in [6.07, 6.45) is 0. The van der Waals surface area contributed by atoms with E-state index in [0.29, 0.717) is 5.16 Å². The van der Waals surface area contributed by atoms with Crippen LogP contribution in [0, 0.1) is 20.8 Å². The van der Waals surface area contributed by atoms with Crippen molar-refractivity contribution in [3.05, 3.63) is 53.1 Å². The summed E-state index contributed by atoms with van der Waals surface area (Å²) in [6, 6.07) is 9.77. The van der Waals surface area contributed by atoms with Gasteiger partial charge in [-0.05, 0) is 33.8 Å². The number of thioether (sulfide) groups is 1. The van der Waals surface area contributed by atoms with Crippen molar-refractivity contribution in [3.63, 3.8) is 0 Å². The Labute approximate surface area is 155 Å². The number of para-hydroxylation sites is 1. The number of Topliss-reactive ketones (excluding diaryl/α,β-unsaturated/α-hetero) is 1. The predicted octanol–water partition coefficient (Wildman–Crippen LogP) is 3.89. The molecule has 1 aromatic carbocycles. The minimum atomic E-state index is -0.291. The first-order valence-electron chi connectivity index (χ1n) is 8.43. The van der Waals surface area contributed by atoms with Crippen LogP contribution >= 0.6 is 11.8 Å². The van der Waals surface area contributed by atoms with Crippen molar-refractivity contribution in [1.29, 1.82) is 0 Å². The van der Waals surface area contributed by atoms with E-state index in [1.54, 1.807) is 0 Å². The molecule has 4 aromatic rings. The molecule has 7 heteroatoms. The van der Waals surface area contributed by atoms with E-state index in [-0.39, 0.29) is 11.0 Å². The van der Waals surface area contributed by atoms with Gasteiger partial charge in [0.05, 0.1) is 5.25 Å². The van der Waals surface area contributed by atoms with Crippen LogP contribution in [-0.2, 0) is 0 Å². The molecular weight excluding hydrogens is 346 g/mol. The molecule has 0 saturated heterocycles. The summed E-state index contributed by atoms with van der Waals surface area (Å²) >= 11 is 1.41. The standard InChI is InChI=1S/C19H19N5OS/c1-10-9-16-22-23-19(24(16)13(4)20-10)26-12(3)18(25)17-11(2)21-15-8-6-5-7-14(15)17/h5-9,12,21H,1-4H3. The van der Waals surface area contributed by atoms with Crippen LogP contribution in [0.4, 0.5) is 0 Å². The number of rotatable bonds is 4. The molecule has 4 rings (SSSR count). The van der Waals surface area contributed by atoms with Crippen molar-refractivity contribution in [2.45, 2.75) is 38.1 Å². The molecule has 1 unspecified atom stereocenters. The Hall–Kier alpha value is -2.67. The largest absolute Gasteiger partial charge is 0.358 e. The topological polar surface area (TPSA) is 75.9 Å². The first-order valence-corrected chi connectivity index (χ1v) is 9.31. The summed E-state index contributed by atoms with van der Waals surface area (Å²) in [4.78, 5) is 20.9. The van der Waals surface area contributed by atoms with Gasteiger partial charge in [0, 0.05) is 33.9 Å². The quantitative estimate of drug-likeness (QED) is 0.438. The van der Waals surface area contributed by atoms with Gasteiger partial charge >= 0.3 is 0 Å². The molecule has 1 N–H and O–H groups in total. The van der Waals surface area contributed by atoms with Crippen molar-refractivity contribution < 1.29 is 4.79 Å². The Balaban J connectivity index is 1.69. The lowest BCUT2D eigenvalue weighted by molar-refractivity contribution is 0.0995. The summed E-state index contributed by atoms with van der Waals surface area (Å²) < 4.78 is 1.89. The Morgan fingerprint density at radius 2 is 1.96 bits per heavy atom. The van der Waals surface area contributed by atoms with Crippen molar-refractivity contribution >= 4 is 34.1 Å². The number of carbonyl (C=O) groups excluding carboxylic acids is 1. The van der Waals surface area contributed by atoms with Crippen LogP contribution in [-0.4, -0.2) is 35.6 Å². The smallest absolute Gasteiger partial charge is 0.197 e. The first-order chi connectivity index (χ1) is 12.5. The minimum absolute atomic E-state index is 0.0828. The van der Waals surface area contributed by atoms with Crippen LogP contribution in [0.1, 0.15) is 34.5 Å². The number of aryl methyl sites for hydroxylation is 3.